The Bertz CT molecular complexity index is 762. The molecule has 0 aliphatic rings. The molecule has 0 radical (unpaired) electrons. The lowest BCUT2D eigenvalue weighted by Crippen LogP contribution is -1.93. The highest BCUT2D eigenvalue weighted by molar-refractivity contribution is 5.67. The third-order valence-electron chi connectivity index (χ3n) is 4.77. The fraction of sp³-hybridized carbons (Fsp3) is 0.333. The summed E-state index contributed by atoms with van der Waals surface area (Å²) in [5, 5.41) is 0. The fourth-order valence-electron chi connectivity index (χ4n) is 3.18. The lowest BCUT2D eigenvalue weighted by molar-refractivity contribution is 0.607. The summed E-state index contributed by atoms with van der Waals surface area (Å²) < 4.78 is 0. The van der Waals surface area contributed by atoms with Crippen molar-refractivity contribution in [3.05, 3.63) is 72.6 Å². The molecule has 2 nitrogen and oxygen atoms in total. The van der Waals surface area contributed by atoms with Crippen molar-refractivity contribution in [3.8, 4) is 22.5 Å². The minimum atomic E-state index is 0.802. The molecule has 0 bridgehead atoms. The molecule has 26 heavy (non-hydrogen) atoms. The second kappa shape index (κ2) is 9.86. The second-order valence-corrected chi connectivity index (χ2v) is 6.88. The Kier molecular flexibility index (Phi) is 6.95. The molecule has 1 heterocycles. The standard InChI is InChI=1S/C24H28N2/c1-2-3-4-5-6-8-11-20-18-25-24(26-19-20)23-16-14-22(15-17-23)21-12-9-7-10-13-21/h7,9-10,12-19H,2-6,8,11H2,1H3. The molecule has 0 amide bonds. The van der Waals surface area contributed by atoms with Crippen LogP contribution in [0.1, 0.15) is 51.0 Å². The summed E-state index contributed by atoms with van der Waals surface area (Å²) in [7, 11) is 0. The largest absolute Gasteiger partial charge is 0.236 e. The number of hydrogen-bond donors (Lipinski definition) is 0. The maximum Gasteiger partial charge on any atom is 0.159 e. The van der Waals surface area contributed by atoms with Crippen LogP contribution in [0.2, 0.25) is 0 Å². The predicted octanol–water partition coefficient (Wildman–Crippen LogP) is 6.71. The molecular weight excluding hydrogens is 316 g/mol. The highest BCUT2D eigenvalue weighted by Crippen LogP contribution is 2.22. The van der Waals surface area contributed by atoms with E-state index in [9.17, 15) is 0 Å². The SMILES string of the molecule is CCCCCCCCc1cnc(-c2ccc(-c3ccccc3)cc2)nc1. The Balaban J connectivity index is 1.55. The zero-order chi connectivity index (χ0) is 18.0. The third-order valence-corrected chi connectivity index (χ3v) is 4.77. The minimum Gasteiger partial charge on any atom is -0.236 e. The van der Waals surface area contributed by atoms with Crippen molar-refractivity contribution < 1.29 is 0 Å². The van der Waals surface area contributed by atoms with Gasteiger partial charge in [-0.3, -0.25) is 0 Å². The lowest BCUT2D eigenvalue weighted by atomic mass is 10.0. The van der Waals surface area contributed by atoms with Gasteiger partial charge in [0.05, 0.1) is 0 Å². The Morgan fingerprint density at radius 1 is 0.615 bits per heavy atom. The van der Waals surface area contributed by atoms with Crippen LogP contribution in [0.25, 0.3) is 22.5 Å². The van der Waals surface area contributed by atoms with Gasteiger partial charge in [0.15, 0.2) is 5.82 Å². The molecule has 0 aliphatic heterocycles. The molecule has 0 aliphatic carbocycles. The van der Waals surface area contributed by atoms with E-state index in [1.165, 1.54) is 55.2 Å². The molecular formula is C24H28N2. The zero-order valence-electron chi connectivity index (χ0n) is 15.7. The summed E-state index contributed by atoms with van der Waals surface area (Å²) in [6.45, 7) is 2.26. The van der Waals surface area contributed by atoms with Crippen molar-refractivity contribution in [1.82, 2.24) is 9.97 Å². The minimum absolute atomic E-state index is 0.802. The van der Waals surface area contributed by atoms with Gasteiger partial charge in [0.2, 0.25) is 0 Å². The average molecular weight is 345 g/mol. The molecule has 0 saturated carbocycles. The smallest absolute Gasteiger partial charge is 0.159 e. The van der Waals surface area contributed by atoms with E-state index < -0.39 is 0 Å². The van der Waals surface area contributed by atoms with E-state index in [2.05, 4.69) is 65.4 Å². The first-order valence-electron chi connectivity index (χ1n) is 9.83. The van der Waals surface area contributed by atoms with E-state index in [1.54, 1.807) is 0 Å². The normalized spacial score (nSPS) is 10.8. The van der Waals surface area contributed by atoms with Gasteiger partial charge in [-0.05, 0) is 29.5 Å². The second-order valence-electron chi connectivity index (χ2n) is 6.88. The molecule has 0 saturated heterocycles. The van der Waals surface area contributed by atoms with Gasteiger partial charge < -0.3 is 0 Å². The monoisotopic (exact) mass is 344 g/mol. The van der Waals surface area contributed by atoms with Crippen LogP contribution in [0.3, 0.4) is 0 Å². The number of nitrogens with zero attached hydrogens (tertiary/aromatic N) is 2. The molecule has 2 heteroatoms. The van der Waals surface area contributed by atoms with E-state index in [0.717, 1.165) is 17.8 Å². The number of unbranched alkanes of at least 4 members (excludes halogenated alkanes) is 5. The van der Waals surface area contributed by atoms with Gasteiger partial charge >= 0.3 is 0 Å². The molecule has 0 atom stereocenters. The van der Waals surface area contributed by atoms with E-state index >= 15 is 0 Å². The topological polar surface area (TPSA) is 25.8 Å². The van der Waals surface area contributed by atoms with Crippen molar-refractivity contribution >= 4 is 0 Å². The molecule has 0 spiro atoms. The van der Waals surface area contributed by atoms with Crippen LogP contribution < -0.4 is 0 Å². The summed E-state index contributed by atoms with van der Waals surface area (Å²) in [4.78, 5) is 9.14. The van der Waals surface area contributed by atoms with Gasteiger partial charge in [-0.2, -0.15) is 0 Å². The van der Waals surface area contributed by atoms with Crippen LogP contribution >= 0.6 is 0 Å². The van der Waals surface area contributed by atoms with Crippen LogP contribution in [0.4, 0.5) is 0 Å². The zero-order valence-corrected chi connectivity index (χ0v) is 15.7. The number of aromatic nitrogens is 2. The predicted molar refractivity (Wildman–Crippen MR) is 110 cm³/mol. The molecule has 3 rings (SSSR count). The van der Waals surface area contributed by atoms with Crippen LogP contribution in [-0.4, -0.2) is 9.97 Å². The van der Waals surface area contributed by atoms with Crippen LogP contribution in [-0.2, 0) is 6.42 Å². The number of rotatable bonds is 9. The Labute approximate surface area is 157 Å². The van der Waals surface area contributed by atoms with Crippen LogP contribution in [0.15, 0.2) is 67.0 Å². The molecule has 0 N–H and O–H groups in total. The summed E-state index contributed by atoms with van der Waals surface area (Å²) in [6, 6.07) is 18.9. The summed E-state index contributed by atoms with van der Waals surface area (Å²) >= 11 is 0. The first kappa shape index (κ1) is 18.3. The Hall–Kier alpha value is -2.48. The van der Waals surface area contributed by atoms with E-state index in [0.29, 0.717) is 0 Å². The van der Waals surface area contributed by atoms with Gasteiger partial charge in [0.25, 0.3) is 0 Å². The van der Waals surface area contributed by atoms with Crippen molar-refractivity contribution in [1.29, 1.82) is 0 Å². The maximum absolute atomic E-state index is 4.57. The van der Waals surface area contributed by atoms with Gasteiger partial charge in [0, 0.05) is 18.0 Å². The van der Waals surface area contributed by atoms with Gasteiger partial charge in [-0.25, -0.2) is 9.97 Å². The van der Waals surface area contributed by atoms with E-state index in [-0.39, 0.29) is 0 Å². The third kappa shape index (κ3) is 5.26. The Morgan fingerprint density at radius 3 is 1.88 bits per heavy atom. The van der Waals surface area contributed by atoms with Gasteiger partial charge in [-0.1, -0.05) is 93.6 Å². The average Bonchev–Trinajstić information content (AvgIpc) is 2.72. The number of benzene rings is 2. The number of hydrogen-bond acceptors (Lipinski definition) is 2. The van der Waals surface area contributed by atoms with E-state index in [4.69, 9.17) is 0 Å². The van der Waals surface area contributed by atoms with Crippen LogP contribution in [0.5, 0.6) is 0 Å². The first-order chi connectivity index (χ1) is 12.9. The van der Waals surface area contributed by atoms with Crippen molar-refractivity contribution in [2.24, 2.45) is 0 Å². The van der Waals surface area contributed by atoms with Crippen molar-refractivity contribution in [3.63, 3.8) is 0 Å². The first-order valence-corrected chi connectivity index (χ1v) is 9.83. The maximum atomic E-state index is 4.57. The quantitative estimate of drug-likeness (QED) is 0.403. The summed E-state index contributed by atoms with van der Waals surface area (Å²) in [6.07, 6.45) is 13.0. The lowest BCUT2D eigenvalue weighted by Gasteiger charge is -2.05. The molecule has 0 unspecified atom stereocenters. The molecule has 2 aromatic carbocycles. The summed E-state index contributed by atoms with van der Waals surface area (Å²) in [5.74, 6) is 0.802. The Morgan fingerprint density at radius 2 is 1.19 bits per heavy atom. The highest BCUT2D eigenvalue weighted by Gasteiger charge is 2.03. The molecule has 134 valence electrons. The van der Waals surface area contributed by atoms with E-state index in [1.807, 2.05) is 18.5 Å². The van der Waals surface area contributed by atoms with Crippen molar-refractivity contribution in [2.45, 2.75) is 51.9 Å². The number of aryl methyl sites for hydroxylation is 1. The van der Waals surface area contributed by atoms with Gasteiger partial charge in [-0.15, -0.1) is 0 Å². The van der Waals surface area contributed by atoms with Crippen LogP contribution in [0, 0.1) is 0 Å². The molecule has 0 fully saturated rings. The molecule has 1 aromatic heterocycles. The van der Waals surface area contributed by atoms with Crippen molar-refractivity contribution in [2.75, 3.05) is 0 Å². The molecule has 3 aromatic rings. The summed E-state index contributed by atoms with van der Waals surface area (Å²) in [5.41, 5.74) is 4.75. The highest BCUT2D eigenvalue weighted by atomic mass is 14.9. The van der Waals surface area contributed by atoms with Gasteiger partial charge in [0.1, 0.15) is 0 Å². The fourth-order valence-corrected chi connectivity index (χ4v) is 3.18.